The number of oxime groups is 1. The Labute approximate surface area is 197 Å². The van der Waals surface area contributed by atoms with Crippen molar-refractivity contribution in [1.82, 2.24) is 4.98 Å². The minimum absolute atomic E-state index is 0.0188. The molecule has 4 rings (SSSR count). The van der Waals surface area contributed by atoms with Crippen LogP contribution in [0.4, 0.5) is 0 Å². The van der Waals surface area contributed by atoms with Gasteiger partial charge in [-0.3, -0.25) is 4.98 Å². The van der Waals surface area contributed by atoms with Gasteiger partial charge in [0.1, 0.15) is 30.4 Å². The van der Waals surface area contributed by atoms with Crippen LogP contribution in [0.15, 0.2) is 78.1 Å². The topological polar surface area (TPSA) is 99.5 Å². The van der Waals surface area contributed by atoms with Crippen LogP contribution in [0.3, 0.4) is 0 Å². The van der Waals surface area contributed by atoms with Crippen molar-refractivity contribution in [1.29, 1.82) is 0 Å². The van der Waals surface area contributed by atoms with Crippen LogP contribution in [-0.4, -0.2) is 41.3 Å². The van der Waals surface area contributed by atoms with Gasteiger partial charge in [0, 0.05) is 18.7 Å². The molecular formula is C26H26N2O6. The van der Waals surface area contributed by atoms with E-state index in [0.29, 0.717) is 36.1 Å². The second-order valence-electron chi connectivity index (χ2n) is 7.71. The number of pyridine rings is 1. The lowest BCUT2D eigenvalue weighted by molar-refractivity contribution is -0.162. The summed E-state index contributed by atoms with van der Waals surface area (Å²) in [4.78, 5) is 21.2. The first kappa shape index (κ1) is 23.3. The molecule has 8 nitrogen and oxygen atoms in total. The molecule has 176 valence electrons. The molecule has 2 heterocycles. The lowest BCUT2D eigenvalue weighted by Crippen LogP contribution is -2.22. The number of aromatic nitrogens is 1. The Morgan fingerprint density at radius 1 is 1.03 bits per heavy atom. The smallest absolute Gasteiger partial charge is 0.335 e. The van der Waals surface area contributed by atoms with E-state index in [-0.39, 0.29) is 12.2 Å². The Bertz CT molecular complexity index is 1110. The molecule has 0 saturated carbocycles. The van der Waals surface area contributed by atoms with Crippen molar-refractivity contribution in [2.24, 2.45) is 5.16 Å². The molecule has 1 aromatic heterocycles. The fraction of sp³-hybridized carbons (Fsp3) is 0.269. The number of ether oxygens (including phenoxy) is 3. The van der Waals surface area contributed by atoms with Crippen molar-refractivity contribution in [3.63, 3.8) is 0 Å². The molecule has 8 heteroatoms. The predicted octanol–water partition coefficient (Wildman–Crippen LogP) is 4.69. The molecule has 1 N–H and O–H groups in total. The van der Waals surface area contributed by atoms with Gasteiger partial charge in [0.25, 0.3) is 0 Å². The SMILES string of the molecule is O=C(O)c1ccnc(/C(COc2cccc(OCc3ccccc3)c2)=N/OC2CCCCO2)c1. The molecule has 0 aliphatic carbocycles. The van der Waals surface area contributed by atoms with Crippen LogP contribution in [0.5, 0.6) is 11.5 Å². The van der Waals surface area contributed by atoms with Gasteiger partial charge in [0.15, 0.2) is 0 Å². The Morgan fingerprint density at radius 2 is 1.85 bits per heavy atom. The van der Waals surface area contributed by atoms with E-state index in [1.165, 1.54) is 18.3 Å². The summed E-state index contributed by atoms with van der Waals surface area (Å²) in [7, 11) is 0. The standard InChI is InChI=1S/C26H26N2O6/c29-26(30)20-12-13-27-23(15-20)24(28-34-25-11-4-5-14-31-25)18-33-22-10-6-9-21(16-22)32-17-19-7-2-1-3-8-19/h1-3,6-10,12-13,15-16,25H,4-5,11,14,17-18H2,(H,29,30)/b28-24+. The third-order valence-corrected chi connectivity index (χ3v) is 5.15. The minimum atomic E-state index is -1.05. The Hall–Kier alpha value is -3.91. The fourth-order valence-corrected chi connectivity index (χ4v) is 3.33. The number of aromatic carboxylic acids is 1. The number of carboxylic acids is 1. The van der Waals surface area contributed by atoms with Gasteiger partial charge in [-0.25, -0.2) is 4.79 Å². The Balaban J connectivity index is 1.45. The normalized spacial score (nSPS) is 16.0. The molecule has 1 fully saturated rings. The molecule has 0 spiro atoms. The number of carbonyl (C=O) groups is 1. The van der Waals surface area contributed by atoms with Gasteiger partial charge in [-0.2, -0.15) is 0 Å². The lowest BCUT2D eigenvalue weighted by Gasteiger charge is -2.20. The summed E-state index contributed by atoms with van der Waals surface area (Å²) in [5.74, 6) is 0.183. The molecule has 1 saturated heterocycles. The highest BCUT2D eigenvalue weighted by Crippen LogP contribution is 2.21. The van der Waals surface area contributed by atoms with Crippen LogP contribution in [0.2, 0.25) is 0 Å². The van der Waals surface area contributed by atoms with E-state index in [9.17, 15) is 9.90 Å². The zero-order valence-corrected chi connectivity index (χ0v) is 18.6. The Morgan fingerprint density at radius 3 is 2.62 bits per heavy atom. The van der Waals surface area contributed by atoms with Crippen LogP contribution in [0, 0.1) is 0 Å². The largest absolute Gasteiger partial charge is 0.489 e. The van der Waals surface area contributed by atoms with E-state index >= 15 is 0 Å². The van der Waals surface area contributed by atoms with E-state index in [2.05, 4.69) is 10.1 Å². The Kier molecular flexibility index (Phi) is 8.08. The van der Waals surface area contributed by atoms with E-state index in [1.807, 2.05) is 42.5 Å². The zero-order valence-electron chi connectivity index (χ0n) is 18.6. The molecule has 3 aromatic rings. The molecule has 1 unspecified atom stereocenters. The number of rotatable bonds is 10. The predicted molar refractivity (Wildman–Crippen MR) is 125 cm³/mol. The first-order valence-electron chi connectivity index (χ1n) is 11.1. The third kappa shape index (κ3) is 6.79. The van der Waals surface area contributed by atoms with Gasteiger partial charge in [-0.05, 0) is 42.7 Å². The van der Waals surface area contributed by atoms with Crippen LogP contribution in [0.1, 0.15) is 40.9 Å². The van der Waals surface area contributed by atoms with Crippen LogP contribution >= 0.6 is 0 Å². The molecule has 0 amide bonds. The van der Waals surface area contributed by atoms with E-state index in [0.717, 1.165) is 24.8 Å². The maximum Gasteiger partial charge on any atom is 0.335 e. The first-order valence-corrected chi connectivity index (χ1v) is 11.1. The highest BCUT2D eigenvalue weighted by molar-refractivity contribution is 6.01. The van der Waals surface area contributed by atoms with Crippen LogP contribution < -0.4 is 9.47 Å². The molecule has 2 aromatic carbocycles. The number of hydrogen-bond donors (Lipinski definition) is 1. The average Bonchev–Trinajstić information content (AvgIpc) is 2.89. The zero-order chi connectivity index (χ0) is 23.6. The van der Waals surface area contributed by atoms with Gasteiger partial charge >= 0.3 is 5.97 Å². The monoisotopic (exact) mass is 462 g/mol. The molecule has 0 radical (unpaired) electrons. The van der Waals surface area contributed by atoms with Crippen molar-refractivity contribution in [3.05, 3.63) is 89.7 Å². The summed E-state index contributed by atoms with van der Waals surface area (Å²) in [5, 5.41) is 13.5. The highest BCUT2D eigenvalue weighted by Gasteiger charge is 2.17. The van der Waals surface area contributed by atoms with Gasteiger partial charge < -0.3 is 24.2 Å². The van der Waals surface area contributed by atoms with Gasteiger partial charge in [-0.1, -0.05) is 41.6 Å². The highest BCUT2D eigenvalue weighted by atomic mass is 16.8. The van der Waals surface area contributed by atoms with Crippen molar-refractivity contribution in [3.8, 4) is 11.5 Å². The molecule has 1 aliphatic heterocycles. The summed E-state index contributed by atoms with van der Waals surface area (Å²) in [6.45, 7) is 1.08. The fourth-order valence-electron chi connectivity index (χ4n) is 3.33. The van der Waals surface area contributed by atoms with Crippen LogP contribution in [0.25, 0.3) is 0 Å². The summed E-state index contributed by atoms with van der Waals surface area (Å²) in [5.41, 5.74) is 1.87. The first-order chi connectivity index (χ1) is 16.7. The number of benzene rings is 2. The maximum absolute atomic E-state index is 11.4. The molecule has 34 heavy (non-hydrogen) atoms. The number of hydrogen-bond acceptors (Lipinski definition) is 7. The van der Waals surface area contributed by atoms with Crippen LogP contribution in [-0.2, 0) is 16.2 Å². The average molecular weight is 463 g/mol. The molecular weight excluding hydrogens is 436 g/mol. The molecule has 0 bridgehead atoms. The van der Waals surface area contributed by atoms with Crippen molar-refractivity contribution in [2.75, 3.05) is 13.2 Å². The number of nitrogens with zero attached hydrogens (tertiary/aromatic N) is 2. The van der Waals surface area contributed by atoms with Gasteiger partial charge in [0.2, 0.25) is 6.29 Å². The van der Waals surface area contributed by atoms with Crippen molar-refractivity contribution >= 4 is 11.7 Å². The summed E-state index contributed by atoms with van der Waals surface area (Å²) in [6.07, 6.45) is 3.70. The second kappa shape index (κ2) is 11.8. The van der Waals surface area contributed by atoms with E-state index in [4.69, 9.17) is 19.0 Å². The summed E-state index contributed by atoms with van der Waals surface area (Å²) in [6, 6.07) is 20.0. The third-order valence-electron chi connectivity index (χ3n) is 5.15. The molecule has 1 atom stereocenters. The van der Waals surface area contributed by atoms with Gasteiger partial charge in [0.05, 0.1) is 17.9 Å². The number of carboxylic acid groups (broad SMARTS) is 1. The van der Waals surface area contributed by atoms with E-state index in [1.54, 1.807) is 12.1 Å². The van der Waals surface area contributed by atoms with Gasteiger partial charge in [-0.15, -0.1) is 0 Å². The van der Waals surface area contributed by atoms with Crippen molar-refractivity contribution in [2.45, 2.75) is 32.2 Å². The van der Waals surface area contributed by atoms with Crippen molar-refractivity contribution < 1.29 is 28.9 Å². The summed E-state index contributed by atoms with van der Waals surface area (Å²) >= 11 is 0. The summed E-state index contributed by atoms with van der Waals surface area (Å²) < 4.78 is 17.4. The lowest BCUT2D eigenvalue weighted by atomic mass is 10.2. The minimum Gasteiger partial charge on any atom is -0.489 e. The van der Waals surface area contributed by atoms with E-state index < -0.39 is 12.3 Å². The quantitative estimate of drug-likeness (QED) is 0.345. The maximum atomic E-state index is 11.4. The second-order valence-corrected chi connectivity index (χ2v) is 7.71. The molecule has 1 aliphatic rings.